The van der Waals surface area contributed by atoms with Gasteiger partial charge in [-0.15, -0.1) is 0 Å². The normalized spacial score (nSPS) is 10.8. The van der Waals surface area contributed by atoms with Gasteiger partial charge in [0.1, 0.15) is 5.15 Å². The predicted octanol–water partition coefficient (Wildman–Crippen LogP) is 3.97. The number of carboxylic acids is 1. The van der Waals surface area contributed by atoms with Crippen LogP contribution in [0.25, 0.3) is 10.9 Å². The number of hydrogen-bond acceptors (Lipinski definition) is 2. The summed E-state index contributed by atoms with van der Waals surface area (Å²) in [7, 11) is 0. The first-order chi connectivity index (χ1) is 7.91. The van der Waals surface area contributed by atoms with Crippen LogP contribution in [0.5, 0.6) is 0 Å². The zero-order valence-corrected chi connectivity index (χ0v) is 11.6. The van der Waals surface area contributed by atoms with E-state index in [2.05, 4.69) is 20.9 Å². The fourth-order valence-corrected chi connectivity index (χ4v) is 2.57. The molecule has 0 atom stereocenters. The van der Waals surface area contributed by atoms with Crippen LogP contribution < -0.4 is 0 Å². The molecule has 0 radical (unpaired) electrons. The predicted molar refractivity (Wildman–Crippen MR) is 70.9 cm³/mol. The van der Waals surface area contributed by atoms with Crippen LogP contribution in [0.4, 0.5) is 0 Å². The average Bonchev–Trinajstić information content (AvgIpc) is 2.25. The van der Waals surface area contributed by atoms with Crippen molar-refractivity contribution in [2.75, 3.05) is 0 Å². The molecule has 0 fully saturated rings. The topological polar surface area (TPSA) is 50.2 Å². The number of aromatic carboxylic acids is 1. The van der Waals surface area contributed by atoms with Crippen LogP contribution >= 0.6 is 27.5 Å². The molecule has 88 valence electrons. The van der Waals surface area contributed by atoms with Gasteiger partial charge in [0.15, 0.2) is 0 Å². The lowest BCUT2D eigenvalue weighted by molar-refractivity contribution is 0.0699. The highest BCUT2D eigenvalue weighted by atomic mass is 79.9. The van der Waals surface area contributed by atoms with E-state index in [0.29, 0.717) is 10.9 Å². The first kappa shape index (κ1) is 12.3. The number of halogens is 2. The van der Waals surface area contributed by atoms with Crippen LogP contribution in [0.1, 0.15) is 21.5 Å². The van der Waals surface area contributed by atoms with Crippen molar-refractivity contribution in [1.82, 2.24) is 4.98 Å². The number of rotatable bonds is 1. The molecule has 17 heavy (non-hydrogen) atoms. The Morgan fingerprint density at radius 2 is 2.06 bits per heavy atom. The van der Waals surface area contributed by atoms with Crippen LogP contribution in [0.3, 0.4) is 0 Å². The summed E-state index contributed by atoms with van der Waals surface area (Å²) in [5.74, 6) is -1.00. The highest BCUT2D eigenvalue weighted by Gasteiger charge is 2.16. The molecule has 0 aliphatic rings. The lowest BCUT2D eigenvalue weighted by Gasteiger charge is -2.10. The van der Waals surface area contributed by atoms with E-state index in [1.807, 2.05) is 19.9 Å². The van der Waals surface area contributed by atoms with Gasteiger partial charge in [0.05, 0.1) is 11.1 Å². The second kappa shape index (κ2) is 4.27. The number of carboxylic acid groups (broad SMARTS) is 1. The lowest BCUT2D eigenvalue weighted by Crippen LogP contribution is -2.02. The van der Waals surface area contributed by atoms with Crippen LogP contribution in [0.2, 0.25) is 5.15 Å². The van der Waals surface area contributed by atoms with Crippen molar-refractivity contribution in [2.24, 2.45) is 0 Å². The van der Waals surface area contributed by atoms with Crippen molar-refractivity contribution >= 4 is 44.4 Å². The third kappa shape index (κ3) is 2.03. The number of nitrogens with zero attached hydrogens (tertiary/aromatic N) is 1. The van der Waals surface area contributed by atoms with Gasteiger partial charge in [0.25, 0.3) is 0 Å². The molecule has 1 N–H and O–H groups in total. The molecule has 2 rings (SSSR count). The maximum absolute atomic E-state index is 11.2. The Morgan fingerprint density at radius 3 is 2.65 bits per heavy atom. The average molecular weight is 315 g/mol. The van der Waals surface area contributed by atoms with E-state index < -0.39 is 5.97 Å². The van der Waals surface area contributed by atoms with Crippen molar-refractivity contribution in [3.63, 3.8) is 0 Å². The summed E-state index contributed by atoms with van der Waals surface area (Å²) in [6, 6.07) is 3.29. The monoisotopic (exact) mass is 313 g/mol. The van der Waals surface area contributed by atoms with Gasteiger partial charge in [-0.05, 0) is 37.1 Å². The summed E-state index contributed by atoms with van der Waals surface area (Å²) >= 11 is 9.26. The highest BCUT2D eigenvalue weighted by molar-refractivity contribution is 9.10. The second-order valence-corrected chi connectivity index (χ2v) is 5.06. The molecule has 0 saturated carbocycles. The van der Waals surface area contributed by atoms with Crippen molar-refractivity contribution in [1.29, 1.82) is 0 Å². The Kier molecular flexibility index (Phi) is 3.10. The molecule has 0 unspecified atom stereocenters. The maximum atomic E-state index is 11.2. The molecule has 0 aliphatic heterocycles. The molecule has 1 aromatic heterocycles. The van der Waals surface area contributed by atoms with E-state index in [4.69, 9.17) is 11.6 Å². The van der Waals surface area contributed by atoms with Crippen molar-refractivity contribution in [3.05, 3.63) is 38.4 Å². The molecular weight excluding hydrogens is 305 g/mol. The molecule has 0 bridgehead atoms. The summed E-state index contributed by atoms with van der Waals surface area (Å²) in [4.78, 5) is 15.4. The summed E-state index contributed by atoms with van der Waals surface area (Å²) in [6.45, 7) is 3.73. The van der Waals surface area contributed by atoms with Crippen LogP contribution in [-0.4, -0.2) is 16.1 Å². The fourth-order valence-electron chi connectivity index (χ4n) is 1.83. The van der Waals surface area contributed by atoms with Gasteiger partial charge >= 0.3 is 5.97 Å². The van der Waals surface area contributed by atoms with Gasteiger partial charge in [-0.25, -0.2) is 9.78 Å². The highest BCUT2D eigenvalue weighted by Crippen LogP contribution is 2.31. The van der Waals surface area contributed by atoms with Crippen LogP contribution in [-0.2, 0) is 0 Å². The number of carbonyl (C=O) groups is 1. The number of fused-ring (bicyclic) bond motifs is 1. The van der Waals surface area contributed by atoms with E-state index in [-0.39, 0.29) is 10.7 Å². The zero-order chi connectivity index (χ0) is 12.7. The van der Waals surface area contributed by atoms with Crippen LogP contribution in [0, 0.1) is 13.8 Å². The summed E-state index contributed by atoms with van der Waals surface area (Å²) in [6.07, 6.45) is 0. The van der Waals surface area contributed by atoms with Gasteiger partial charge in [0.2, 0.25) is 0 Å². The molecule has 0 spiro atoms. The quantitative estimate of drug-likeness (QED) is 0.810. The number of aryl methyl sites for hydroxylation is 2. The molecule has 3 nitrogen and oxygen atoms in total. The molecule has 1 heterocycles. The van der Waals surface area contributed by atoms with E-state index in [9.17, 15) is 9.90 Å². The summed E-state index contributed by atoms with van der Waals surface area (Å²) in [5.41, 5.74) is 2.56. The van der Waals surface area contributed by atoms with E-state index >= 15 is 0 Å². The smallest absolute Gasteiger partial charge is 0.336 e. The van der Waals surface area contributed by atoms with Gasteiger partial charge in [-0.2, -0.15) is 0 Å². The molecular formula is C12H9BrClNO2. The van der Waals surface area contributed by atoms with E-state index in [1.54, 1.807) is 0 Å². The van der Waals surface area contributed by atoms with E-state index in [1.165, 1.54) is 6.07 Å². The molecule has 1 aromatic carbocycles. The maximum Gasteiger partial charge on any atom is 0.336 e. The Hall–Kier alpha value is -1.13. The third-order valence-corrected chi connectivity index (χ3v) is 3.69. The van der Waals surface area contributed by atoms with Gasteiger partial charge in [0, 0.05) is 9.86 Å². The lowest BCUT2D eigenvalue weighted by atomic mass is 10.0. The number of hydrogen-bond donors (Lipinski definition) is 1. The SMILES string of the molecule is Cc1cc(Br)c(C)c2c(C(=O)O)cc(Cl)nc12. The molecule has 5 heteroatoms. The number of aromatic nitrogens is 1. The molecule has 0 saturated heterocycles. The first-order valence-electron chi connectivity index (χ1n) is 4.91. The van der Waals surface area contributed by atoms with Gasteiger partial charge < -0.3 is 5.11 Å². The third-order valence-electron chi connectivity index (χ3n) is 2.67. The van der Waals surface area contributed by atoms with E-state index in [0.717, 1.165) is 15.6 Å². The summed E-state index contributed by atoms with van der Waals surface area (Å²) in [5, 5.41) is 10.0. The zero-order valence-electron chi connectivity index (χ0n) is 9.21. The molecule has 0 amide bonds. The largest absolute Gasteiger partial charge is 0.478 e. The second-order valence-electron chi connectivity index (χ2n) is 3.82. The van der Waals surface area contributed by atoms with Crippen molar-refractivity contribution < 1.29 is 9.90 Å². The molecule has 0 aliphatic carbocycles. The molecule has 2 aromatic rings. The fraction of sp³-hybridized carbons (Fsp3) is 0.167. The van der Waals surface area contributed by atoms with Crippen LogP contribution in [0.15, 0.2) is 16.6 Å². The Bertz CT molecular complexity index is 640. The standard InChI is InChI=1S/C12H9BrClNO2/c1-5-3-8(13)6(2)10-7(12(16)17)4-9(14)15-11(5)10/h3-4H,1-2H3,(H,16,17). The minimum absolute atomic E-state index is 0.182. The van der Waals surface area contributed by atoms with Gasteiger partial charge in [-0.1, -0.05) is 27.5 Å². The van der Waals surface area contributed by atoms with Crippen molar-refractivity contribution in [2.45, 2.75) is 13.8 Å². The summed E-state index contributed by atoms with van der Waals surface area (Å²) < 4.78 is 0.870. The first-order valence-corrected chi connectivity index (χ1v) is 6.08. The van der Waals surface area contributed by atoms with Crippen molar-refractivity contribution in [3.8, 4) is 0 Å². The Morgan fingerprint density at radius 1 is 1.41 bits per heavy atom. The Balaban J connectivity index is 3.05. The Labute approximate surface area is 112 Å². The number of pyridine rings is 1. The minimum atomic E-state index is -1.00. The number of benzene rings is 1. The minimum Gasteiger partial charge on any atom is -0.478 e. The van der Waals surface area contributed by atoms with Gasteiger partial charge in [-0.3, -0.25) is 0 Å².